The molecule has 1 N–H and O–H groups in total. The van der Waals surface area contributed by atoms with Crippen molar-refractivity contribution in [2.24, 2.45) is 14.1 Å². The topological polar surface area (TPSA) is 94.9 Å². The first kappa shape index (κ1) is 17.2. The Morgan fingerprint density at radius 2 is 2.04 bits per heavy atom. The monoisotopic (exact) mass is 329 g/mol. The van der Waals surface area contributed by atoms with E-state index in [4.69, 9.17) is 9.90 Å². The van der Waals surface area contributed by atoms with Crippen molar-refractivity contribution in [2.45, 2.75) is 13.0 Å². The van der Waals surface area contributed by atoms with Crippen LogP contribution < -0.4 is 5.56 Å². The van der Waals surface area contributed by atoms with E-state index in [2.05, 4.69) is 10.1 Å². The molecule has 0 saturated carbocycles. The average molecular weight is 329 g/mol. The van der Waals surface area contributed by atoms with Gasteiger partial charge in [0.2, 0.25) is 0 Å². The number of carbonyl (C=O) groups is 1. The number of aryl methyl sites for hydroxylation is 4. The van der Waals surface area contributed by atoms with Gasteiger partial charge in [-0.1, -0.05) is 0 Å². The molecule has 0 amide bonds. The first-order chi connectivity index (χ1) is 11.6. The van der Waals surface area contributed by atoms with Crippen molar-refractivity contribution in [3.8, 4) is 11.4 Å². The molecule has 0 radical (unpaired) electrons. The Balaban J connectivity index is 0.000000647. The third-order valence-corrected chi connectivity index (χ3v) is 3.48. The van der Waals surface area contributed by atoms with Crippen molar-refractivity contribution >= 4 is 6.47 Å². The van der Waals surface area contributed by atoms with Crippen molar-refractivity contribution in [1.82, 2.24) is 23.9 Å². The molecule has 3 heterocycles. The molecule has 0 aromatic carbocycles. The molecule has 0 unspecified atom stereocenters. The molecule has 0 aliphatic carbocycles. The van der Waals surface area contributed by atoms with Crippen molar-refractivity contribution in [2.75, 3.05) is 0 Å². The van der Waals surface area contributed by atoms with E-state index in [0.717, 1.165) is 18.5 Å². The van der Waals surface area contributed by atoms with Crippen LogP contribution >= 0.6 is 0 Å². The van der Waals surface area contributed by atoms with Crippen LogP contribution in [0, 0.1) is 0 Å². The fourth-order valence-electron chi connectivity index (χ4n) is 2.35. The summed E-state index contributed by atoms with van der Waals surface area (Å²) in [4.78, 5) is 24.9. The molecule has 3 rings (SSSR count). The van der Waals surface area contributed by atoms with Gasteiger partial charge in [-0.15, -0.1) is 0 Å². The molecule has 3 aromatic rings. The highest BCUT2D eigenvalue weighted by atomic mass is 16.3. The van der Waals surface area contributed by atoms with Crippen LogP contribution in [0.25, 0.3) is 11.4 Å². The highest BCUT2D eigenvalue weighted by molar-refractivity contribution is 5.53. The highest BCUT2D eigenvalue weighted by Gasteiger charge is 2.10. The number of nitrogens with zero attached hydrogens (tertiary/aromatic N) is 5. The van der Waals surface area contributed by atoms with E-state index in [1.807, 2.05) is 42.3 Å². The molecule has 0 atom stereocenters. The molecule has 24 heavy (non-hydrogen) atoms. The molecular formula is C16H19N5O3. The van der Waals surface area contributed by atoms with Gasteiger partial charge >= 0.3 is 0 Å². The second-order valence-corrected chi connectivity index (χ2v) is 5.16. The minimum absolute atomic E-state index is 0.0358. The lowest BCUT2D eigenvalue weighted by molar-refractivity contribution is -0.122. The normalized spacial score (nSPS) is 10.1. The molecule has 0 saturated heterocycles. The predicted molar refractivity (Wildman–Crippen MR) is 88.5 cm³/mol. The lowest BCUT2D eigenvalue weighted by atomic mass is 10.2. The molecule has 0 fully saturated rings. The quantitative estimate of drug-likeness (QED) is 0.718. The number of hydrogen-bond acceptors (Lipinski definition) is 4. The van der Waals surface area contributed by atoms with E-state index >= 15 is 0 Å². The first-order valence-electron chi connectivity index (χ1n) is 7.29. The van der Waals surface area contributed by atoms with Crippen molar-refractivity contribution < 1.29 is 9.90 Å². The SMILES string of the molecule is Cn1cc(CCn2ccnc2-c2cccn(C)c2=O)cn1.O=CO. The number of imidazole rings is 1. The maximum absolute atomic E-state index is 12.2. The Morgan fingerprint density at radius 1 is 1.29 bits per heavy atom. The Hall–Kier alpha value is -3.16. The zero-order chi connectivity index (χ0) is 17.5. The second kappa shape index (κ2) is 7.91. The Kier molecular flexibility index (Phi) is 5.67. The minimum Gasteiger partial charge on any atom is -0.483 e. The molecule has 0 aliphatic heterocycles. The predicted octanol–water partition coefficient (Wildman–Crippen LogP) is 0.926. The van der Waals surface area contributed by atoms with Gasteiger partial charge in [-0.3, -0.25) is 14.3 Å². The van der Waals surface area contributed by atoms with Crippen LogP contribution in [0.1, 0.15) is 5.56 Å². The molecule has 126 valence electrons. The molecular weight excluding hydrogens is 310 g/mol. The van der Waals surface area contributed by atoms with Crippen LogP contribution in [0.15, 0.2) is 47.9 Å². The highest BCUT2D eigenvalue weighted by Crippen LogP contribution is 2.13. The number of rotatable bonds is 4. The van der Waals surface area contributed by atoms with Crippen LogP contribution in [0.4, 0.5) is 0 Å². The average Bonchev–Trinajstić information content (AvgIpc) is 3.17. The molecule has 0 spiro atoms. The maximum atomic E-state index is 12.2. The maximum Gasteiger partial charge on any atom is 0.290 e. The molecule has 8 heteroatoms. The molecule has 0 aliphatic rings. The zero-order valence-corrected chi connectivity index (χ0v) is 13.5. The third-order valence-electron chi connectivity index (χ3n) is 3.48. The number of carboxylic acid groups (broad SMARTS) is 1. The summed E-state index contributed by atoms with van der Waals surface area (Å²) in [5.41, 5.74) is 1.75. The van der Waals surface area contributed by atoms with E-state index in [1.54, 1.807) is 28.7 Å². The zero-order valence-electron chi connectivity index (χ0n) is 13.5. The Morgan fingerprint density at radius 3 is 2.71 bits per heavy atom. The van der Waals surface area contributed by atoms with Crippen LogP contribution in [-0.4, -0.2) is 35.5 Å². The van der Waals surface area contributed by atoms with Gasteiger partial charge in [-0.05, 0) is 24.1 Å². The fraction of sp³-hybridized carbons (Fsp3) is 0.250. The van der Waals surface area contributed by atoms with E-state index < -0.39 is 0 Å². The standard InChI is InChI=1S/C15H17N5O.CH2O2/c1-18-7-3-4-13(15(18)21)14-16-6-9-20(14)8-5-12-10-17-19(2)11-12;2-1-3/h3-4,6-7,9-11H,5,8H2,1-2H3;1H,(H,2,3). The Labute approximate surface area is 138 Å². The molecule has 8 nitrogen and oxygen atoms in total. The second-order valence-electron chi connectivity index (χ2n) is 5.16. The van der Waals surface area contributed by atoms with Crippen LogP contribution in [-0.2, 0) is 31.9 Å². The summed E-state index contributed by atoms with van der Waals surface area (Å²) < 4.78 is 5.36. The number of pyridine rings is 1. The summed E-state index contributed by atoms with van der Waals surface area (Å²) in [6, 6.07) is 3.67. The number of hydrogen-bond donors (Lipinski definition) is 1. The Bertz CT molecular complexity index is 862. The van der Waals surface area contributed by atoms with Crippen LogP contribution in [0.2, 0.25) is 0 Å². The van der Waals surface area contributed by atoms with Crippen molar-refractivity contribution in [3.63, 3.8) is 0 Å². The van der Waals surface area contributed by atoms with Gasteiger partial charge in [0.1, 0.15) is 5.82 Å². The van der Waals surface area contributed by atoms with Gasteiger partial charge in [-0.25, -0.2) is 4.98 Å². The van der Waals surface area contributed by atoms with E-state index in [-0.39, 0.29) is 12.0 Å². The minimum atomic E-state index is -0.250. The number of aromatic nitrogens is 5. The van der Waals surface area contributed by atoms with Gasteiger partial charge in [0.25, 0.3) is 12.0 Å². The van der Waals surface area contributed by atoms with Crippen LogP contribution in [0.5, 0.6) is 0 Å². The van der Waals surface area contributed by atoms with Gasteiger partial charge in [0.15, 0.2) is 0 Å². The molecule has 3 aromatic heterocycles. The lowest BCUT2D eigenvalue weighted by Crippen LogP contribution is -2.19. The lowest BCUT2D eigenvalue weighted by Gasteiger charge is -2.07. The first-order valence-corrected chi connectivity index (χ1v) is 7.29. The van der Waals surface area contributed by atoms with Crippen LogP contribution in [0.3, 0.4) is 0 Å². The smallest absolute Gasteiger partial charge is 0.290 e. The summed E-state index contributed by atoms with van der Waals surface area (Å²) in [6.45, 7) is 0.513. The van der Waals surface area contributed by atoms with Gasteiger partial charge < -0.3 is 14.2 Å². The molecule has 0 bridgehead atoms. The van der Waals surface area contributed by atoms with Crippen molar-refractivity contribution in [3.05, 3.63) is 59.0 Å². The van der Waals surface area contributed by atoms with Gasteiger partial charge in [0.05, 0.1) is 11.8 Å². The summed E-state index contributed by atoms with van der Waals surface area (Å²) in [7, 11) is 3.65. The third kappa shape index (κ3) is 3.97. The van der Waals surface area contributed by atoms with E-state index in [9.17, 15) is 4.79 Å². The van der Waals surface area contributed by atoms with E-state index in [0.29, 0.717) is 11.4 Å². The summed E-state index contributed by atoms with van der Waals surface area (Å²) >= 11 is 0. The summed E-state index contributed by atoms with van der Waals surface area (Å²) in [5.74, 6) is 0.708. The van der Waals surface area contributed by atoms with Crippen molar-refractivity contribution in [1.29, 1.82) is 0 Å². The van der Waals surface area contributed by atoms with Gasteiger partial charge in [0, 0.05) is 45.4 Å². The summed E-state index contributed by atoms with van der Waals surface area (Å²) in [6.07, 6.45) is 10.1. The largest absolute Gasteiger partial charge is 0.483 e. The van der Waals surface area contributed by atoms with E-state index in [1.165, 1.54) is 0 Å². The summed E-state index contributed by atoms with van der Waals surface area (Å²) in [5, 5.41) is 11.1. The fourth-order valence-corrected chi connectivity index (χ4v) is 2.35. The van der Waals surface area contributed by atoms with Gasteiger partial charge in [-0.2, -0.15) is 5.10 Å².